The molecule has 3 aromatic rings. The molecular weight excluding hydrogens is 390 g/mol. The second-order valence-corrected chi connectivity index (χ2v) is 8.41. The van der Waals surface area contributed by atoms with E-state index in [0.717, 1.165) is 51.7 Å². The maximum absolute atomic E-state index is 12.6. The van der Waals surface area contributed by atoms with Gasteiger partial charge in [0.2, 0.25) is 0 Å². The Morgan fingerprint density at radius 1 is 1.33 bits per heavy atom. The van der Waals surface area contributed by atoms with Gasteiger partial charge in [0, 0.05) is 11.8 Å². The van der Waals surface area contributed by atoms with Crippen LogP contribution in [0.2, 0.25) is 0 Å². The van der Waals surface area contributed by atoms with Crippen molar-refractivity contribution in [2.75, 3.05) is 13.1 Å². The third-order valence-corrected chi connectivity index (χ3v) is 7.49. The number of aromatic amines is 2. The van der Waals surface area contributed by atoms with E-state index in [-0.39, 0.29) is 11.6 Å². The maximum Gasteiger partial charge on any atom is 0.268 e. The summed E-state index contributed by atoms with van der Waals surface area (Å²) in [4.78, 5) is 24.0. The average Bonchev–Trinajstić information content (AvgIpc) is 3.25. The molecule has 1 atom stereocenters. The van der Waals surface area contributed by atoms with E-state index in [9.17, 15) is 4.79 Å². The van der Waals surface area contributed by atoms with Gasteiger partial charge in [-0.05, 0) is 54.2 Å². The molecule has 0 saturated carbocycles. The van der Waals surface area contributed by atoms with Crippen molar-refractivity contribution in [3.05, 3.63) is 33.0 Å². The molecule has 0 unspecified atom stereocenters. The van der Waals surface area contributed by atoms with E-state index < -0.39 is 0 Å². The maximum atomic E-state index is 12.6. The number of nitrogens with zero attached hydrogens (tertiary/aromatic N) is 3. The molecule has 3 fully saturated rings. The fourth-order valence-electron chi connectivity index (χ4n) is 3.95. The van der Waals surface area contributed by atoms with E-state index in [1.54, 1.807) is 6.20 Å². The highest BCUT2D eigenvalue weighted by molar-refractivity contribution is 9.10. The van der Waals surface area contributed by atoms with E-state index in [1.807, 2.05) is 6.20 Å². The molecule has 0 amide bonds. The van der Waals surface area contributed by atoms with Gasteiger partial charge in [0.1, 0.15) is 16.0 Å². The van der Waals surface area contributed by atoms with Crippen LogP contribution in [-0.2, 0) is 0 Å². The van der Waals surface area contributed by atoms with Crippen molar-refractivity contribution in [2.45, 2.75) is 25.3 Å². The van der Waals surface area contributed by atoms with E-state index in [2.05, 4.69) is 36.0 Å². The highest BCUT2D eigenvalue weighted by Crippen LogP contribution is 2.42. The van der Waals surface area contributed by atoms with E-state index >= 15 is 0 Å². The summed E-state index contributed by atoms with van der Waals surface area (Å²) >= 11 is 5.10. The summed E-state index contributed by atoms with van der Waals surface area (Å²) in [6.07, 6.45) is 7.24. The van der Waals surface area contributed by atoms with E-state index in [0.29, 0.717) is 4.70 Å². The number of fused-ring (bicyclic) bond motifs is 4. The standard InChI is InChI=1S/C16H16BrN5OS/c17-11-12-14(24-13(11)9-6-18-19-7-9)16(23)21-15(20-12)10-5-8-1-3-22(10)4-2-8/h6-8,10H,1-5H2,(H,18,19)(H,20,21,23)/t10-/m0/s1. The Morgan fingerprint density at radius 2 is 2.17 bits per heavy atom. The summed E-state index contributed by atoms with van der Waals surface area (Å²) in [5.41, 5.74) is 1.68. The molecule has 24 heavy (non-hydrogen) atoms. The lowest BCUT2D eigenvalue weighted by atomic mass is 9.83. The van der Waals surface area contributed by atoms with Crippen molar-refractivity contribution in [2.24, 2.45) is 5.92 Å². The van der Waals surface area contributed by atoms with Gasteiger partial charge in [-0.3, -0.25) is 14.8 Å². The van der Waals surface area contributed by atoms with Gasteiger partial charge in [0.05, 0.1) is 21.6 Å². The van der Waals surface area contributed by atoms with Crippen molar-refractivity contribution >= 4 is 37.5 Å². The largest absolute Gasteiger partial charge is 0.308 e. The van der Waals surface area contributed by atoms with E-state index in [1.165, 1.54) is 24.2 Å². The Balaban J connectivity index is 1.65. The molecule has 0 radical (unpaired) electrons. The van der Waals surface area contributed by atoms with Crippen LogP contribution in [0.5, 0.6) is 0 Å². The minimum atomic E-state index is -0.0434. The zero-order chi connectivity index (χ0) is 16.3. The lowest BCUT2D eigenvalue weighted by molar-refractivity contribution is 0.0445. The van der Waals surface area contributed by atoms with Crippen molar-refractivity contribution < 1.29 is 0 Å². The molecule has 8 heteroatoms. The third-order valence-electron chi connectivity index (χ3n) is 5.23. The van der Waals surface area contributed by atoms with Crippen LogP contribution in [0.1, 0.15) is 31.1 Å². The zero-order valence-corrected chi connectivity index (χ0v) is 15.3. The van der Waals surface area contributed by atoms with Gasteiger partial charge in [0.25, 0.3) is 5.56 Å². The van der Waals surface area contributed by atoms with Gasteiger partial charge in [-0.2, -0.15) is 5.10 Å². The van der Waals surface area contributed by atoms with Crippen LogP contribution in [0.4, 0.5) is 0 Å². The summed E-state index contributed by atoms with van der Waals surface area (Å²) in [5.74, 6) is 1.59. The molecule has 6 nitrogen and oxygen atoms in total. The Kier molecular flexibility index (Phi) is 3.39. The summed E-state index contributed by atoms with van der Waals surface area (Å²) < 4.78 is 1.55. The van der Waals surface area contributed by atoms with Gasteiger partial charge >= 0.3 is 0 Å². The molecule has 124 valence electrons. The highest BCUT2D eigenvalue weighted by atomic mass is 79.9. The molecule has 6 heterocycles. The van der Waals surface area contributed by atoms with Crippen LogP contribution < -0.4 is 5.56 Å². The molecule has 2 bridgehead atoms. The fourth-order valence-corrected chi connectivity index (χ4v) is 5.84. The Morgan fingerprint density at radius 3 is 2.83 bits per heavy atom. The quantitative estimate of drug-likeness (QED) is 0.685. The van der Waals surface area contributed by atoms with Crippen LogP contribution in [0, 0.1) is 5.92 Å². The van der Waals surface area contributed by atoms with Crippen LogP contribution in [0.25, 0.3) is 20.7 Å². The Labute approximate surface area is 150 Å². The number of piperidine rings is 3. The van der Waals surface area contributed by atoms with Crippen LogP contribution in [0.15, 0.2) is 21.7 Å². The van der Waals surface area contributed by atoms with Crippen LogP contribution in [0.3, 0.4) is 0 Å². The topological polar surface area (TPSA) is 77.7 Å². The Bertz CT molecular complexity index is 955. The molecule has 6 rings (SSSR count). The zero-order valence-electron chi connectivity index (χ0n) is 12.9. The van der Waals surface area contributed by atoms with Crippen LogP contribution >= 0.6 is 27.3 Å². The molecule has 0 aromatic carbocycles. The number of hydrogen-bond donors (Lipinski definition) is 2. The fraction of sp³-hybridized carbons (Fsp3) is 0.438. The first-order valence-corrected chi connectivity index (χ1v) is 9.77. The molecule has 2 N–H and O–H groups in total. The van der Waals surface area contributed by atoms with Gasteiger partial charge in [-0.1, -0.05) is 0 Å². The van der Waals surface area contributed by atoms with Gasteiger partial charge in [-0.25, -0.2) is 4.98 Å². The average molecular weight is 406 g/mol. The predicted molar refractivity (Wildman–Crippen MR) is 97.2 cm³/mol. The monoisotopic (exact) mass is 405 g/mol. The summed E-state index contributed by atoms with van der Waals surface area (Å²) in [6, 6.07) is 0.249. The van der Waals surface area contributed by atoms with Gasteiger partial charge in [0.15, 0.2) is 0 Å². The summed E-state index contributed by atoms with van der Waals surface area (Å²) in [6.45, 7) is 2.23. The predicted octanol–water partition coefficient (Wildman–Crippen LogP) is 3.29. The summed E-state index contributed by atoms with van der Waals surface area (Å²) in [5, 5.41) is 6.82. The molecule has 3 aliphatic rings. The SMILES string of the molecule is O=c1[nH]c([C@@H]2CC3CCN2CC3)nc2c(Br)c(-c3cn[nH]c3)sc12. The van der Waals surface area contributed by atoms with Gasteiger partial charge < -0.3 is 4.98 Å². The first kappa shape index (κ1) is 14.8. The third kappa shape index (κ3) is 2.20. The summed E-state index contributed by atoms with van der Waals surface area (Å²) in [7, 11) is 0. The Hall–Kier alpha value is -1.51. The van der Waals surface area contributed by atoms with Crippen molar-refractivity contribution in [1.82, 2.24) is 25.1 Å². The first-order chi connectivity index (χ1) is 11.7. The number of H-pyrrole nitrogens is 2. The number of thiophene rings is 1. The highest BCUT2D eigenvalue weighted by Gasteiger charge is 2.36. The molecule has 3 saturated heterocycles. The van der Waals surface area contributed by atoms with E-state index in [4.69, 9.17) is 4.98 Å². The number of halogens is 1. The van der Waals surface area contributed by atoms with Gasteiger partial charge in [-0.15, -0.1) is 11.3 Å². The molecular formula is C16H16BrN5OS. The molecule has 0 aliphatic carbocycles. The number of aromatic nitrogens is 4. The minimum absolute atomic E-state index is 0.0434. The number of nitrogens with one attached hydrogen (secondary N) is 2. The lowest BCUT2D eigenvalue weighted by Crippen LogP contribution is -2.44. The minimum Gasteiger partial charge on any atom is -0.308 e. The second-order valence-electron chi connectivity index (χ2n) is 6.59. The molecule has 3 aliphatic heterocycles. The van der Waals surface area contributed by atoms with Crippen molar-refractivity contribution in [3.63, 3.8) is 0 Å². The van der Waals surface area contributed by atoms with Crippen molar-refractivity contribution in [1.29, 1.82) is 0 Å². The molecule has 3 aromatic heterocycles. The normalized spacial score (nSPS) is 26.3. The second kappa shape index (κ2) is 5.50. The first-order valence-electron chi connectivity index (χ1n) is 8.16. The molecule has 0 spiro atoms. The van der Waals surface area contributed by atoms with Crippen molar-refractivity contribution in [3.8, 4) is 10.4 Å². The number of rotatable bonds is 2. The van der Waals surface area contributed by atoms with Crippen LogP contribution in [-0.4, -0.2) is 38.2 Å². The lowest BCUT2D eigenvalue weighted by Gasteiger charge is -2.44. The smallest absolute Gasteiger partial charge is 0.268 e. The number of hydrogen-bond acceptors (Lipinski definition) is 5.